The Labute approximate surface area is 68.0 Å². The van der Waals surface area contributed by atoms with Gasteiger partial charge in [0.1, 0.15) is 0 Å². The standard InChI is InChI=1S/C9H15NO/c1-3-5-6-7-9(11)10-8-4-2/h3-5H,2,6-8H2,1H3,(H,10,11)/b5-3-. The van der Waals surface area contributed by atoms with E-state index in [0.717, 1.165) is 6.42 Å². The largest absolute Gasteiger partial charge is 0.353 e. The molecule has 2 nitrogen and oxygen atoms in total. The molecule has 0 radical (unpaired) electrons. The van der Waals surface area contributed by atoms with E-state index < -0.39 is 0 Å². The van der Waals surface area contributed by atoms with Crippen LogP contribution in [0.1, 0.15) is 19.8 Å². The summed E-state index contributed by atoms with van der Waals surface area (Å²) in [5.41, 5.74) is 0. The Kier molecular flexibility index (Phi) is 6.39. The van der Waals surface area contributed by atoms with Crippen LogP contribution in [-0.4, -0.2) is 12.5 Å². The first-order chi connectivity index (χ1) is 5.31. The SMILES string of the molecule is C=CCNC(=O)CC/C=C\C. The second kappa shape index (κ2) is 7.06. The number of rotatable bonds is 5. The van der Waals surface area contributed by atoms with Crippen LogP contribution in [-0.2, 0) is 4.79 Å². The van der Waals surface area contributed by atoms with Gasteiger partial charge in [0.05, 0.1) is 0 Å². The fourth-order valence-corrected chi connectivity index (χ4v) is 0.655. The van der Waals surface area contributed by atoms with Gasteiger partial charge in [0.2, 0.25) is 5.91 Å². The minimum Gasteiger partial charge on any atom is -0.353 e. The maximum atomic E-state index is 10.9. The van der Waals surface area contributed by atoms with E-state index in [9.17, 15) is 4.79 Å². The molecule has 0 spiro atoms. The zero-order valence-electron chi connectivity index (χ0n) is 6.97. The lowest BCUT2D eigenvalue weighted by atomic mass is 10.3. The van der Waals surface area contributed by atoms with Gasteiger partial charge in [0.15, 0.2) is 0 Å². The predicted octanol–water partition coefficient (Wildman–Crippen LogP) is 1.64. The van der Waals surface area contributed by atoms with Crippen LogP contribution in [0.2, 0.25) is 0 Å². The lowest BCUT2D eigenvalue weighted by Gasteiger charge is -1.98. The number of nitrogens with one attached hydrogen (secondary N) is 1. The van der Waals surface area contributed by atoms with E-state index in [0.29, 0.717) is 13.0 Å². The van der Waals surface area contributed by atoms with Crippen LogP contribution in [0.25, 0.3) is 0 Å². The van der Waals surface area contributed by atoms with Crippen molar-refractivity contribution in [2.45, 2.75) is 19.8 Å². The molecular formula is C9H15NO. The van der Waals surface area contributed by atoms with Gasteiger partial charge < -0.3 is 5.32 Å². The molecule has 1 N–H and O–H groups in total. The Morgan fingerprint density at radius 3 is 2.91 bits per heavy atom. The average Bonchev–Trinajstić information content (AvgIpc) is 2.01. The summed E-state index contributed by atoms with van der Waals surface area (Å²) in [5.74, 6) is 0.0861. The lowest BCUT2D eigenvalue weighted by molar-refractivity contribution is -0.120. The molecule has 0 aromatic heterocycles. The molecule has 11 heavy (non-hydrogen) atoms. The van der Waals surface area contributed by atoms with E-state index in [-0.39, 0.29) is 5.91 Å². The Morgan fingerprint density at radius 2 is 2.36 bits per heavy atom. The molecule has 0 aromatic carbocycles. The van der Waals surface area contributed by atoms with E-state index in [1.54, 1.807) is 6.08 Å². The number of hydrogen-bond acceptors (Lipinski definition) is 1. The van der Waals surface area contributed by atoms with Crippen molar-refractivity contribution >= 4 is 5.91 Å². The lowest BCUT2D eigenvalue weighted by Crippen LogP contribution is -2.22. The summed E-state index contributed by atoms with van der Waals surface area (Å²) < 4.78 is 0. The molecule has 1 amide bonds. The molecule has 0 aliphatic rings. The topological polar surface area (TPSA) is 29.1 Å². The summed E-state index contributed by atoms with van der Waals surface area (Å²) in [6, 6.07) is 0. The van der Waals surface area contributed by atoms with E-state index >= 15 is 0 Å². The van der Waals surface area contributed by atoms with Crippen LogP contribution in [0.4, 0.5) is 0 Å². The maximum Gasteiger partial charge on any atom is 0.220 e. The quantitative estimate of drug-likeness (QED) is 0.598. The molecule has 0 aromatic rings. The van der Waals surface area contributed by atoms with Crippen LogP contribution >= 0.6 is 0 Å². The van der Waals surface area contributed by atoms with Crippen molar-refractivity contribution in [3.05, 3.63) is 24.8 Å². The van der Waals surface area contributed by atoms with Crippen molar-refractivity contribution in [3.63, 3.8) is 0 Å². The molecule has 0 unspecified atom stereocenters. The third-order valence-corrected chi connectivity index (χ3v) is 1.22. The van der Waals surface area contributed by atoms with Gasteiger partial charge in [-0.25, -0.2) is 0 Å². The second-order valence-electron chi connectivity index (χ2n) is 2.20. The molecule has 0 saturated heterocycles. The van der Waals surface area contributed by atoms with E-state index in [1.165, 1.54) is 0 Å². The first kappa shape index (κ1) is 9.95. The first-order valence-electron chi connectivity index (χ1n) is 3.80. The highest BCUT2D eigenvalue weighted by molar-refractivity contribution is 5.76. The van der Waals surface area contributed by atoms with Crippen LogP contribution in [0.3, 0.4) is 0 Å². The number of hydrogen-bond donors (Lipinski definition) is 1. The fraction of sp³-hybridized carbons (Fsp3) is 0.444. The third-order valence-electron chi connectivity index (χ3n) is 1.22. The highest BCUT2D eigenvalue weighted by atomic mass is 16.1. The van der Waals surface area contributed by atoms with E-state index in [1.807, 2.05) is 19.1 Å². The van der Waals surface area contributed by atoms with E-state index in [2.05, 4.69) is 11.9 Å². The van der Waals surface area contributed by atoms with E-state index in [4.69, 9.17) is 0 Å². The number of amides is 1. The van der Waals surface area contributed by atoms with Gasteiger partial charge in [-0.2, -0.15) is 0 Å². The summed E-state index contributed by atoms with van der Waals surface area (Å²) in [5, 5.41) is 2.70. The van der Waals surface area contributed by atoms with Gasteiger partial charge in [0, 0.05) is 13.0 Å². The Bertz CT molecular complexity index is 150. The number of carbonyl (C=O) groups excluding carboxylic acids is 1. The molecule has 0 rings (SSSR count). The molecule has 0 atom stereocenters. The van der Waals surface area contributed by atoms with Crippen LogP contribution in [0.5, 0.6) is 0 Å². The second-order valence-corrected chi connectivity index (χ2v) is 2.20. The van der Waals surface area contributed by atoms with Crippen LogP contribution in [0, 0.1) is 0 Å². The molecule has 62 valence electrons. The van der Waals surface area contributed by atoms with Crippen LogP contribution in [0.15, 0.2) is 24.8 Å². The van der Waals surface area contributed by atoms with Crippen molar-refractivity contribution in [2.24, 2.45) is 0 Å². The summed E-state index contributed by atoms with van der Waals surface area (Å²) in [6.07, 6.45) is 6.99. The monoisotopic (exact) mass is 153 g/mol. The van der Waals surface area contributed by atoms with Crippen molar-refractivity contribution in [1.82, 2.24) is 5.32 Å². The minimum absolute atomic E-state index is 0.0861. The highest BCUT2D eigenvalue weighted by Crippen LogP contribution is 1.89. The number of allylic oxidation sites excluding steroid dienone is 2. The summed E-state index contributed by atoms with van der Waals surface area (Å²) in [7, 11) is 0. The summed E-state index contributed by atoms with van der Waals surface area (Å²) >= 11 is 0. The van der Waals surface area contributed by atoms with Gasteiger partial charge in [-0.05, 0) is 13.3 Å². The molecular weight excluding hydrogens is 138 g/mol. The van der Waals surface area contributed by atoms with Crippen molar-refractivity contribution in [1.29, 1.82) is 0 Å². The number of carbonyl (C=O) groups is 1. The molecule has 0 aliphatic carbocycles. The zero-order valence-corrected chi connectivity index (χ0v) is 6.97. The van der Waals surface area contributed by atoms with Crippen molar-refractivity contribution in [3.8, 4) is 0 Å². The first-order valence-corrected chi connectivity index (χ1v) is 3.80. The minimum atomic E-state index is 0.0861. The van der Waals surface area contributed by atoms with Crippen molar-refractivity contribution in [2.75, 3.05) is 6.54 Å². The summed E-state index contributed by atoms with van der Waals surface area (Å²) in [6.45, 7) is 6.01. The highest BCUT2D eigenvalue weighted by Gasteiger charge is 1.94. The normalized spacial score (nSPS) is 9.91. The Hall–Kier alpha value is -1.05. The molecule has 0 heterocycles. The van der Waals surface area contributed by atoms with Gasteiger partial charge in [-0.1, -0.05) is 18.2 Å². The van der Waals surface area contributed by atoms with Gasteiger partial charge >= 0.3 is 0 Å². The predicted molar refractivity (Wildman–Crippen MR) is 47.3 cm³/mol. The van der Waals surface area contributed by atoms with Gasteiger partial charge in [0.25, 0.3) is 0 Å². The van der Waals surface area contributed by atoms with Gasteiger partial charge in [-0.3, -0.25) is 4.79 Å². The Morgan fingerprint density at radius 1 is 1.64 bits per heavy atom. The smallest absolute Gasteiger partial charge is 0.220 e. The van der Waals surface area contributed by atoms with Crippen LogP contribution < -0.4 is 5.32 Å². The molecule has 0 aliphatic heterocycles. The molecule has 0 bridgehead atoms. The fourth-order valence-electron chi connectivity index (χ4n) is 0.655. The molecule has 0 saturated carbocycles. The molecule has 2 heteroatoms. The average molecular weight is 153 g/mol. The van der Waals surface area contributed by atoms with Gasteiger partial charge in [-0.15, -0.1) is 6.58 Å². The summed E-state index contributed by atoms with van der Waals surface area (Å²) in [4.78, 5) is 10.9. The molecule has 0 fully saturated rings. The maximum absolute atomic E-state index is 10.9. The van der Waals surface area contributed by atoms with Crippen molar-refractivity contribution < 1.29 is 4.79 Å². The third kappa shape index (κ3) is 6.84. The Balaban J connectivity index is 3.29. The zero-order chi connectivity index (χ0) is 8.53.